The number of aliphatic hydroxyl groups excluding tert-OH is 2. The highest BCUT2D eigenvalue weighted by molar-refractivity contribution is 6.22. The fraction of sp³-hybridized carbons (Fsp3) is 0.351. The molecule has 5 rings (SSSR count). The third kappa shape index (κ3) is 6.73. The Balaban J connectivity index is 1.34. The lowest BCUT2D eigenvalue weighted by molar-refractivity contribution is -0.123. The molecule has 1 aliphatic carbocycles. The van der Waals surface area contributed by atoms with E-state index in [-0.39, 0.29) is 31.4 Å². The summed E-state index contributed by atoms with van der Waals surface area (Å²) in [4.78, 5) is 28.9. The summed E-state index contributed by atoms with van der Waals surface area (Å²) >= 11 is 0. The zero-order valence-electron chi connectivity index (χ0n) is 26.3. The summed E-state index contributed by atoms with van der Waals surface area (Å²) in [5.74, 6) is -2.47. The van der Waals surface area contributed by atoms with Crippen LogP contribution in [-0.2, 0) is 14.3 Å². The van der Waals surface area contributed by atoms with Crippen LogP contribution in [-0.4, -0.2) is 53.6 Å². The third-order valence-electron chi connectivity index (χ3n) is 8.98. The van der Waals surface area contributed by atoms with E-state index in [1.807, 2.05) is 81.4 Å². The van der Waals surface area contributed by atoms with Gasteiger partial charge in [0.2, 0.25) is 11.8 Å². The molecule has 0 spiro atoms. The van der Waals surface area contributed by atoms with Crippen LogP contribution in [0.25, 0.3) is 6.08 Å². The maximum atomic E-state index is 13.9. The number of nitrogens with zero attached hydrogens (tertiary/aromatic N) is 1. The van der Waals surface area contributed by atoms with E-state index in [1.165, 1.54) is 4.90 Å². The van der Waals surface area contributed by atoms with Crippen molar-refractivity contribution in [3.8, 4) is 5.75 Å². The van der Waals surface area contributed by atoms with Gasteiger partial charge in [-0.3, -0.25) is 14.5 Å². The first-order valence-corrected chi connectivity index (χ1v) is 15.4. The number of nitrogens with one attached hydrogen (secondary N) is 1. The summed E-state index contributed by atoms with van der Waals surface area (Å²) in [5.41, 5.74) is 7.22. The Morgan fingerprint density at radius 1 is 1.02 bits per heavy atom. The molecule has 3 aromatic carbocycles. The van der Waals surface area contributed by atoms with Crippen LogP contribution in [0.3, 0.4) is 0 Å². The second-order valence-electron chi connectivity index (χ2n) is 12.2. The van der Waals surface area contributed by atoms with Crippen LogP contribution >= 0.6 is 0 Å². The third-order valence-corrected chi connectivity index (χ3v) is 8.98. The summed E-state index contributed by atoms with van der Waals surface area (Å²) < 4.78 is 5.48. The monoisotopic (exact) mass is 610 g/mol. The van der Waals surface area contributed by atoms with E-state index in [2.05, 4.69) is 5.32 Å². The molecule has 236 valence electrons. The van der Waals surface area contributed by atoms with Crippen molar-refractivity contribution in [1.29, 1.82) is 0 Å². The number of amides is 2. The summed E-state index contributed by atoms with van der Waals surface area (Å²) in [6.45, 7) is 5.56. The maximum absolute atomic E-state index is 13.9. The number of anilines is 3. The summed E-state index contributed by atoms with van der Waals surface area (Å²) in [6.07, 6.45) is 2.38. The highest BCUT2D eigenvalue weighted by Crippen LogP contribution is 2.47. The number of fused-ring (bicyclic) bond motifs is 1. The second-order valence-corrected chi connectivity index (χ2v) is 12.2. The number of phenolic OH excluding ortho intramolecular Hbond substituents is 1. The van der Waals surface area contributed by atoms with Crippen molar-refractivity contribution in [1.82, 2.24) is 0 Å². The number of imide groups is 1. The van der Waals surface area contributed by atoms with Crippen LogP contribution in [0.4, 0.5) is 17.1 Å². The van der Waals surface area contributed by atoms with E-state index in [9.17, 15) is 24.9 Å². The molecular weight excluding hydrogens is 568 g/mol. The minimum absolute atomic E-state index is 0.203. The quantitative estimate of drug-likeness (QED) is 0.154. The van der Waals surface area contributed by atoms with Gasteiger partial charge < -0.3 is 25.4 Å². The van der Waals surface area contributed by atoms with Gasteiger partial charge >= 0.3 is 0 Å². The lowest BCUT2D eigenvalue weighted by Crippen LogP contribution is -2.39. The SMILES string of the molecule is COCC1=C([C@H](O)CC/C(C)=C/c2cc(C)c(O)c(C)c2)[C@H](CO)[C@@H]2C(=O)N(c3ccc(Nc4ccccc4)cc3)C(=O)[C@@H]2C1. The fourth-order valence-electron chi connectivity index (χ4n) is 6.85. The van der Waals surface area contributed by atoms with Gasteiger partial charge in [0.15, 0.2) is 0 Å². The number of rotatable bonds is 11. The predicted octanol–water partition coefficient (Wildman–Crippen LogP) is 6.06. The Bertz CT molecular complexity index is 1590. The number of methoxy groups -OCH3 is 1. The van der Waals surface area contributed by atoms with E-state index < -0.39 is 23.9 Å². The normalized spacial score (nSPS) is 20.9. The first-order valence-electron chi connectivity index (χ1n) is 15.4. The number of ether oxygens (including phenoxy) is 1. The maximum Gasteiger partial charge on any atom is 0.238 e. The minimum atomic E-state index is -0.916. The van der Waals surface area contributed by atoms with Gasteiger partial charge in [0.25, 0.3) is 0 Å². The molecule has 2 aliphatic rings. The van der Waals surface area contributed by atoms with Gasteiger partial charge in [-0.05, 0) is 116 Å². The van der Waals surface area contributed by atoms with Gasteiger partial charge in [-0.15, -0.1) is 0 Å². The van der Waals surface area contributed by atoms with Crippen molar-refractivity contribution in [2.24, 2.45) is 17.8 Å². The van der Waals surface area contributed by atoms with Gasteiger partial charge in [-0.1, -0.05) is 29.8 Å². The molecule has 4 atom stereocenters. The van der Waals surface area contributed by atoms with E-state index in [0.717, 1.165) is 39.2 Å². The largest absolute Gasteiger partial charge is 0.507 e. The Hall–Kier alpha value is -4.24. The minimum Gasteiger partial charge on any atom is -0.507 e. The van der Waals surface area contributed by atoms with Crippen molar-refractivity contribution in [2.75, 3.05) is 30.5 Å². The van der Waals surface area contributed by atoms with Crippen LogP contribution in [0.2, 0.25) is 0 Å². The predicted molar refractivity (Wildman–Crippen MR) is 176 cm³/mol. The Morgan fingerprint density at radius 3 is 2.29 bits per heavy atom. The van der Waals surface area contributed by atoms with Crippen molar-refractivity contribution >= 4 is 35.0 Å². The topological polar surface area (TPSA) is 119 Å². The first-order chi connectivity index (χ1) is 21.6. The first kappa shape index (κ1) is 32.2. The fourth-order valence-corrected chi connectivity index (χ4v) is 6.85. The number of allylic oxidation sites excluding steroid dienone is 1. The number of para-hydroxylation sites is 1. The van der Waals surface area contributed by atoms with Crippen LogP contribution in [0.1, 0.15) is 42.9 Å². The van der Waals surface area contributed by atoms with Crippen LogP contribution in [0.15, 0.2) is 83.4 Å². The molecule has 0 radical (unpaired) electrons. The second kappa shape index (κ2) is 13.8. The number of carbonyl (C=O) groups excluding carboxylic acids is 2. The molecule has 1 heterocycles. The van der Waals surface area contributed by atoms with Crippen molar-refractivity contribution in [2.45, 2.75) is 46.1 Å². The standard InChI is InChI=1S/C37H42N2O6/c1-22(16-25-17-23(2)35(42)24(3)18-25)10-15-32(41)33-26(21-45-4)19-30-34(31(33)20-40)37(44)39(36(30)43)29-13-11-28(12-14-29)38-27-8-6-5-7-9-27/h5-9,11-14,16-18,30-32,34,38,40-42H,10,15,19-21H2,1-4H3/b22-16+/t30-,31+,32-,34-/m1/s1. The molecule has 1 aliphatic heterocycles. The summed E-state index contributed by atoms with van der Waals surface area (Å²) in [5, 5.41) is 35.5. The molecule has 1 saturated heterocycles. The van der Waals surface area contributed by atoms with Gasteiger partial charge in [-0.2, -0.15) is 0 Å². The number of hydrogen-bond acceptors (Lipinski definition) is 7. The van der Waals surface area contributed by atoms with Crippen LogP contribution in [0, 0.1) is 31.6 Å². The zero-order chi connectivity index (χ0) is 32.2. The van der Waals surface area contributed by atoms with E-state index in [0.29, 0.717) is 29.9 Å². The smallest absolute Gasteiger partial charge is 0.238 e. The van der Waals surface area contributed by atoms with E-state index in [4.69, 9.17) is 4.74 Å². The number of phenols is 1. The number of aryl methyl sites for hydroxylation is 2. The van der Waals surface area contributed by atoms with Crippen LogP contribution in [0.5, 0.6) is 5.75 Å². The molecule has 3 aromatic rings. The molecule has 8 heteroatoms. The summed E-state index contributed by atoms with van der Waals surface area (Å²) in [7, 11) is 1.56. The Kier molecular flexibility index (Phi) is 9.87. The molecule has 45 heavy (non-hydrogen) atoms. The van der Waals surface area contributed by atoms with Crippen molar-refractivity contribution < 1.29 is 29.6 Å². The van der Waals surface area contributed by atoms with Gasteiger partial charge in [-0.25, -0.2) is 0 Å². The molecule has 1 fully saturated rings. The number of carbonyl (C=O) groups is 2. The van der Waals surface area contributed by atoms with Gasteiger partial charge in [0, 0.05) is 24.4 Å². The number of aliphatic hydroxyl groups is 2. The van der Waals surface area contributed by atoms with Crippen LogP contribution < -0.4 is 10.2 Å². The molecule has 0 unspecified atom stereocenters. The van der Waals surface area contributed by atoms with Gasteiger partial charge in [0.05, 0.1) is 36.8 Å². The molecule has 0 saturated carbocycles. The van der Waals surface area contributed by atoms with Crippen molar-refractivity contribution in [3.05, 3.63) is 100 Å². The lowest BCUT2D eigenvalue weighted by Gasteiger charge is -2.36. The molecule has 2 amide bonds. The Morgan fingerprint density at radius 2 is 1.67 bits per heavy atom. The van der Waals surface area contributed by atoms with Gasteiger partial charge in [0.1, 0.15) is 5.75 Å². The molecule has 4 N–H and O–H groups in total. The molecule has 0 aromatic heterocycles. The Labute approximate surface area is 264 Å². The average Bonchev–Trinajstić information content (AvgIpc) is 3.27. The molecule has 8 nitrogen and oxygen atoms in total. The molecule has 0 bridgehead atoms. The lowest BCUT2D eigenvalue weighted by atomic mass is 9.68. The molecular formula is C37H42N2O6. The number of benzene rings is 3. The summed E-state index contributed by atoms with van der Waals surface area (Å²) in [6, 6.07) is 20.7. The zero-order valence-corrected chi connectivity index (χ0v) is 26.3. The number of hydrogen-bond donors (Lipinski definition) is 4. The van der Waals surface area contributed by atoms with Crippen molar-refractivity contribution in [3.63, 3.8) is 0 Å². The van der Waals surface area contributed by atoms with E-state index in [1.54, 1.807) is 19.2 Å². The average molecular weight is 611 g/mol. The van der Waals surface area contributed by atoms with E-state index >= 15 is 0 Å². The highest BCUT2D eigenvalue weighted by atomic mass is 16.5. The number of aromatic hydroxyl groups is 1. The highest BCUT2D eigenvalue weighted by Gasteiger charge is 2.55.